The van der Waals surface area contributed by atoms with Gasteiger partial charge in [-0.1, -0.05) is 31.2 Å². The maximum atomic E-state index is 12.5. The lowest BCUT2D eigenvalue weighted by atomic mass is 9.80. The predicted octanol–water partition coefficient (Wildman–Crippen LogP) is 2.56. The third-order valence-corrected chi connectivity index (χ3v) is 4.26. The maximum Gasteiger partial charge on any atom is 0.226 e. The number of aryl methyl sites for hydroxylation is 1. The first kappa shape index (κ1) is 14.1. The van der Waals surface area contributed by atoms with E-state index in [1.54, 1.807) is 0 Å². The summed E-state index contributed by atoms with van der Waals surface area (Å²) in [5.74, 6) is 0.185. The summed E-state index contributed by atoms with van der Waals surface area (Å²) in [5, 5.41) is 6.49. The number of nitrogens with one attached hydrogen (secondary N) is 2. The summed E-state index contributed by atoms with van der Waals surface area (Å²) in [5.41, 5.74) is 2.21. The number of hydrogen-bond acceptors (Lipinski definition) is 2. The molecule has 3 heteroatoms. The van der Waals surface area contributed by atoms with Gasteiger partial charge in [0.15, 0.2) is 0 Å². The van der Waals surface area contributed by atoms with Crippen LogP contribution in [0, 0.1) is 12.3 Å². The topological polar surface area (TPSA) is 41.1 Å². The molecule has 1 atom stereocenters. The quantitative estimate of drug-likeness (QED) is 0.877. The molecule has 2 rings (SSSR count). The zero-order valence-corrected chi connectivity index (χ0v) is 12.1. The van der Waals surface area contributed by atoms with Crippen LogP contribution in [0.4, 0.5) is 0 Å². The van der Waals surface area contributed by atoms with Gasteiger partial charge in [0.05, 0.1) is 6.04 Å². The van der Waals surface area contributed by atoms with Gasteiger partial charge in [-0.2, -0.15) is 0 Å². The Morgan fingerprint density at radius 3 is 2.58 bits per heavy atom. The fourth-order valence-electron chi connectivity index (χ4n) is 2.73. The largest absolute Gasteiger partial charge is 0.349 e. The molecule has 1 aromatic carbocycles. The van der Waals surface area contributed by atoms with Gasteiger partial charge in [-0.15, -0.1) is 0 Å². The lowest BCUT2D eigenvalue weighted by Gasteiger charge is -2.33. The van der Waals surface area contributed by atoms with Gasteiger partial charge in [-0.3, -0.25) is 4.79 Å². The number of carbonyl (C=O) groups excluding carboxylic acids is 1. The Kier molecular flexibility index (Phi) is 4.25. The molecule has 0 saturated carbocycles. The zero-order valence-electron chi connectivity index (χ0n) is 12.1. The van der Waals surface area contributed by atoms with Gasteiger partial charge >= 0.3 is 0 Å². The summed E-state index contributed by atoms with van der Waals surface area (Å²) in [4.78, 5) is 12.5. The molecule has 1 aliphatic rings. The SMILES string of the molecule is Cc1ccccc1[C@@H](C)NC(=O)C1(C)CCNCC1. The molecule has 2 N–H and O–H groups in total. The second kappa shape index (κ2) is 5.74. The van der Waals surface area contributed by atoms with E-state index in [9.17, 15) is 4.79 Å². The van der Waals surface area contributed by atoms with Crippen LogP contribution in [0.2, 0.25) is 0 Å². The van der Waals surface area contributed by atoms with E-state index in [-0.39, 0.29) is 17.4 Å². The highest BCUT2D eigenvalue weighted by atomic mass is 16.2. The molecular formula is C16H24N2O. The minimum atomic E-state index is -0.220. The van der Waals surface area contributed by atoms with E-state index in [1.807, 2.05) is 12.1 Å². The van der Waals surface area contributed by atoms with Crippen LogP contribution in [-0.2, 0) is 4.79 Å². The van der Waals surface area contributed by atoms with E-state index in [4.69, 9.17) is 0 Å². The molecule has 3 nitrogen and oxygen atoms in total. The van der Waals surface area contributed by atoms with Crippen molar-refractivity contribution in [2.24, 2.45) is 5.41 Å². The Balaban J connectivity index is 2.04. The molecule has 0 aromatic heterocycles. The van der Waals surface area contributed by atoms with Crippen LogP contribution in [-0.4, -0.2) is 19.0 Å². The Bertz CT molecular complexity index is 450. The van der Waals surface area contributed by atoms with Crippen molar-refractivity contribution in [3.63, 3.8) is 0 Å². The number of carbonyl (C=O) groups is 1. The first-order chi connectivity index (χ1) is 9.03. The zero-order chi connectivity index (χ0) is 13.9. The smallest absolute Gasteiger partial charge is 0.226 e. The van der Waals surface area contributed by atoms with Crippen molar-refractivity contribution in [1.82, 2.24) is 10.6 Å². The van der Waals surface area contributed by atoms with Crippen LogP contribution in [0.25, 0.3) is 0 Å². The van der Waals surface area contributed by atoms with Crippen LogP contribution in [0.3, 0.4) is 0 Å². The second-order valence-electron chi connectivity index (χ2n) is 5.86. The van der Waals surface area contributed by atoms with Gasteiger partial charge in [0.2, 0.25) is 5.91 Å². The molecular weight excluding hydrogens is 236 g/mol. The van der Waals surface area contributed by atoms with Crippen LogP contribution < -0.4 is 10.6 Å². The first-order valence-electron chi connectivity index (χ1n) is 7.10. The van der Waals surface area contributed by atoms with E-state index >= 15 is 0 Å². The molecule has 0 aliphatic carbocycles. The van der Waals surface area contributed by atoms with Crippen LogP contribution in [0.1, 0.15) is 43.9 Å². The lowest BCUT2D eigenvalue weighted by molar-refractivity contribution is -0.132. The van der Waals surface area contributed by atoms with Crippen LogP contribution >= 0.6 is 0 Å². The lowest BCUT2D eigenvalue weighted by Crippen LogP contribution is -2.46. The Morgan fingerprint density at radius 1 is 1.32 bits per heavy atom. The van der Waals surface area contributed by atoms with Gasteiger partial charge in [0.1, 0.15) is 0 Å². The Labute approximate surface area is 115 Å². The van der Waals surface area contributed by atoms with Crippen molar-refractivity contribution < 1.29 is 4.79 Å². The summed E-state index contributed by atoms with van der Waals surface area (Å²) >= 11 is 0. The molecule has 1 aromatic rings. The molecule has 104 valence electrons. The third-order valence-electron chi connectivity index (χ3n) is 4.26. The van der Waals surface area contributed by atoms with Gasteiger partial charge in [0.25, 0.3) is 0 Å². The molecule has 0 unspecified atom stereocenters. The van der Waals surface area contributed by atoms with E-state index in [2.05, 4.69) is 43.5 Å². The molecule has 1 amide bonds. The van der Waals surface area contributed by atoms with E-state index in [0.717, 1.165) is 25.9 Å². The fourth-order valence-corrected chi connectivity index (χ4v) is 2.73. The average Bonchev–Trinajstić information content (AvgIpc) is 2.40. The highest BCUT2D eigenvalue weighted by Gasteiger charge is 2.35. The molecule has 1 fully saturated rings. The third kappa shape index (κ3) is 3.16. The Morgan fingerprint density at radius 2 is 1.95 bits per heavy atom. The van der Waals surface area contributed by atoms with Crippen molar-refractivity contribution in [2.75, 3.05) is 13.1 Å². The predicted molar refractivity (Wildman–Crippen MR) is 77.9 cm³/mol. The van der Waals surface area contributed by atoms with E-state index in [0.29, 0.717) is 0 Å². The molecule has 19 heavy (non-hydrogen) atoms. The fraction of sp³-hybridized carbons (Fsp3) is 0.562. The number of benzene rings is 1. The standard InChI is InChI=1S/C16H24N2O/c1-12-6-4-5-7-14(12)13(2)18-15(19)16(3)8-10-17-11-9-16/h4-7,13,17H,8-11H2,1-3H3,(H,18,19)/t13-/m1/s1. The van der Waals surface area contributed by atoms with Crippen molar-refractivity contribution in [3.05, 3.63) is 35.4 Å². The maximum absolute atomic E-state index is 12.5. The number of piperidine rings is 1. The number of amides is 1. The van der Waals surface area contributed by atoms with Gasteiger partial charge < -0.3 is 10.6 Å². The van der Waals surface area contributed by atoms with Gasteiger partial charge in [0, 0.05) is 5.41 Å². The highest BCUT2D eigenvalue weighted by molar-refractivity contribution is 5.82. The summed E-state index contributed by atoms with van der Waals surface area (Å²) in [7, 11) is 0. The summed E-state index contributed by atoms with van der Waals surface area (Å²) in [6.45, 7) is 8.09. The number of rotatable bonds is 3. The van der Waals surface area contributed by atoms with E-state index in [1.165, 1.54) is 11.1 Å². The molecule has 0 spiro atoms. The van der Waals surface area contributed by atoms with Crippen LogP contribution in [0.5, 0.6) is 0 Å². The molecule has 0 radical (unpaired) electrons. The first-order valence-corrected chi connectivity index (χ1v) is 7.10. The number of hydrogen-bond donors (Lipinski definition) is 2. The molecule has 0 bridgehead atoms. The monoisotopic (exact) mass is 260 g/mol. The van der Waals surface area contributed by atoms with Gasteiger partial charge in [-0.25, -0.2) is 0 Å². The summed E-state index contributed by atoms with van der Waals surface area (Å²) in [6.07, 6.45) is 1.83. The van der Waals surface area contributed by atoms with Gasteiger partial charge in [-0.05, 0) is 50.9 Å². The Hall–Kier alpha value is -1.35. The average molecular weight is 260 g/mol. The van der Waals surface area contributed by atoms with Crippen molar-refractivity contribution in [1.29, 1.82) is 0 Å². The summed E-state index contributed by atoms with van der Waals surface area (Å²) < 4.78 is 0. The molecule has 1 heterocycles. The van der Waals surface area contributed by atoms with Crippen molar-refractivity contribution >= 4 is 5.91 Å². The van der Waals surface area contributed by atoms with E-state index < -0.39 is 0 Å². The van der Waals surface area contributed by atoms with Crippen molar-refractivity contribution in [3.8, 4) is 0 Å². The van der Waals surface area contributed by atoms with Crippen LogP contribution in [0.15, 0.2) is 24.3 Å². The molecule has 1 saturated heterocycles. The van der Waals surface area contributed by atoms with Crippen molar-refractivity contribution in [2.45, 2.75) is 39.7 Å². The molecule has 1 aliphatic heterocycles. The minimum absolute atomic E-state index is 0.0698. The highest BCUT2D eigenvalue weighted by Crippen LogP contribution is 2.29. The second-order valence-corrected chi connectivity index (χ2v) is 5.86. The normalized spacial score (nSPS) is 19.7. The minimum Gasteiger partial charge on any atom is -0.349 e. The summed E-state index contributed by atoms with van der Waals surface area (Å²) in [6, 6.07) is 8.30.